The molecule has 1 aromatic carbocycles. The van der Waals surface area contributed by atoms with Gasteiger partial charge in [-0.25, -0.2) is 14.0 Å². The van der Waals surface area contributed by atoms with Crippen LogP contribution in [-0.4, -0.2) is 48.6 Å². The van der Waals surface area contributed by atoms with E-state index in [9.17, 15) is 14.0 Å². The van der Waals surface area contributed by atoms with Gasteiger partial charge in [-0.3, -0.25) is 0 Å². The van der Waals surface area contributed by atoms with Gasteiger partial charge in [0.2, 0.25) is 0 Å². The van der Waals surface area contributed by atoms with Crippen molar-refractivity contribution in [1.82, 2.24) is 9.88 Å². The maximum atomic E-state index is 13.8. The number of nitrogens with zero attached hydrogens (tertiary/aromatic N) is 1. The van der Waals surface area contributed by atoms with Crippen molar-refractivity contribution < 1.29 is 23.5 Å². The van der Waals surface area contributed by atoms with Crippen molar-refractivity contribution in [3.63, 3.8) is 0 Å². The van der Waals surface area contributed by atoms with Gasteiger partial charge in [-0.15, -0.1) is 0 Å². The smallest absolute Gasteiger partial charge is 0.354 e. The summed E-state index contributed by atoms with van der Waals surface area (Å²) in [4.78, 5) is 30.3. The average Bonchev–Trinajstić information content (AvgIpc) is 2.96. The summed E-state index contributed by atoms with van der Waals surface area (Å²) < 4.78 is 23.7. The number of carbonyl (C=O) groups is 2. The van der Waals surface area contributed by atoms with E-state index >= 15 is 0 Å². The molecule has 0 saturated heterocycles. The highest BCUT2D eigenvalue weighted by atomic mass is 19.1. The van der Waals surface area contributed by atoms with Crippen LogP contribution >= 0.6 is 0 Å². The Morgan fingerprint density at radius 1 is 1.19 bits per heavy atom. The molecule has 0 aliphatic carbocycles. The Morgan fingerprint density at radius 3 is 2.52 bits per heavy atom. The molecule has 1 aromatic heterocycles. The van der Waals surface area contributed by atoms with E-state index in [0.717, 1.165) is 16.8 Å². The third-order valence-corrected chi connectivity index (χ3v) is 4.92. The van der Waals surface area contributed by atoms with E-state index in [1.54, 1.807) is 6.07 Å². The Morgan fingerprint density at radius 2 is 1.89 bits per heavy atom. The first kappa shape index (κ1) is 18.9. The van der Waals surface area contributed by atoms with E-state index in [1.807, 2.05) is 18.7 Å². The first-order valence-corrected chi connectivity index (χ1v) is 8.82. The number of aromatic nitrogens is 1. The van der Waals surface area contributed by atoms with Crippen LogP contribution in [0.5, 0.6) is 0 Å². The SMILES string of the molecule is COC(=O)/C1=C(\C(=O)OC)N(C(C)C)CCc2[nH]c3ccc(F)cc3c2C1. The second kappa shape index (κ2) is 7.42. The minimum Gasteiger partial charge on any atom is -0.466 e. The normalized spacial score (nSPS) is 17.5. The lowest BCUT2D eigenvalue weighted by Crippen LogP contribution is -2.39. The monoisotopic (exact) mass is 374 g/mol. The Bertz CT molecular complexity index is 929. The summed E-state index contributed by atoms with van der Waals surface area (Å²) in [5.41, 5.74) is 2.93. The van der Waals surface area contributed by atoms with Crippen molar-refractivity contribution in [1.29, 1.82) is 0 Å². The third-order valence-electron chi connectivity index (χ3n) is 4.92. The number of carbonyl (C=O) groups excluding carboxylic acids is 2. The van der Waals surface area contributed by atoms with Gasteiger partial charge in [0.1, 0.15) is 11.5 Å². The highest BCUT2D eigenvalue weighted by Crippen LogP contribution is 2.31. The highest BCUT2D eigenvalue weighted by Gasteiger charge is 2.32. The Kier molecular flexibility index (Phi) is 5.21. The summed E-state index contributed by atoms with van der Waals surface area (Å²) in [7, 11) is 2.56. The zero-order chi connectivity index (χ0) is 19.7. The van der Waals surface area contributed by atoms with Crippen molar-refractivity contribution >= 4 is 22.8 Å². The number of fused-ring (bicyclic) bond motifs is 3. The summed E-state index contributed by atoms with van der Waals surface area (Å²) in [5.74, 6) is -1.54. The molecule has 1 N–H and O–H groups in total. The molecule has 3 rings (SSSR count). The lowest BCUT2D eigenvalue weighted by molar-refractivity contribution is -0.141. The van der Waals surface area contributed by atoms with E-state index in [4.69, 9.17) is 9.47 Å². The summed E-state index contributed by atoms with van der Waals surface area (Å²) in [6.45, 7) is 4.40. The van der Waals surface area contributed by atoms with Crippen LogP contribution in [0.15, 0.2) is 29.5 Å². The maximum absolute atomic E-state index is 13.8. The molecule has 27 heavy (non-hydrogen) atoms. The molecule has 0 saturated carbocycles. The Hall–Kier alpha value is -2.83. The molecule has 0 atom stereocenters. The number of ether oxygens (including phenoxy) is 2. The van der Waals surface area contributed by atoms with Gasteiger partial charge in [0, 0.05) is 42.0 Å². The summed E-state index contributed by atoms with van der Waals surface area (Å²) in [5, 5.41) is 0.702. The van der Waals surface area contributed by atoms with Crippen LogP contribution in [0.25, 0.3) is 10.9 Å². The number of hydrogen-bond donors (Lipinski definition) is 1. The number of esters is 2. The molecule has 0 radical (unpaired) electrons. The lowest BCUT2D eigenvalue weighted by Gasteiger charge is -2.32. The molecule has 0 amide bonds. The first-order valence-electron chi connectivity index (χ1n) is 8.82. The number of halogens is 1. The lowest BCUT2D eigenvalue weighted by atomic mass is 9.95. The molecular weight excluding hydrogens is 351 g/mol. The van der Waals surface area contributed by atoms with Crippen molar-refractivity contribution in [2.45, 2.75) is 32.7 Å². The van der Waals surface area contributed by atoms with Crippen molar-refractivity contribution in [3.8, 4) is 0 Å². The molecule has 1 aliphatic rings. The molecule has 7 heteroatoms. The maximum Gasteiger partial charge on any atom is 0.354 e. The number of methoxy groups -OCH3 is 2. The number of rotatable bonds is 3. The van der Waals surface area contributed by atoms with Crippen LogP contribution in [0, 0.1) is 5.82 Å². The number of H-pyrrole nitrogens is 1. The molecule has 1 aliphatic heterocycles. The quantitative estimate of drug-likeness (QED) is 0.837. The number of aromatic amines is 1. The topological polar surface area (TPSA) is 71.6 Å². The number of nitrogens with one attached hydrogen (secondary N) is 1. The van der Waals surface area contributed by atoms with Crippen LogP contribution in [0.2, 0.25) is 0 Å². The number of hydrogen-bond acceptors (Lipinski definition) is 5. The van der Waals surface area contributed by atoms with E-state index in [-0.39, 0.29) is 29.6 Å². The van der Waals surface area contributed by atoms with Crippen LogP contribution in [-0.2, 0) is 31.9 Å². The fraction of sp³-hybridized carbons (Fsp3) is 0.400. The van der Waals surface area contributed by atoms with E-state index in [2.05, 4.69) is 4.98 Å². The van der Waals surface area contributed by atoms with Gasteiger partial charge in [-0.1, -0.05) is 0 Å². The largest absolute Gasteiger partial charge is 0.466 e. The molecule has 0 bridgehead atoms. The predicted octanol–water partition coefficient (Wildman–Crippen LogP) is 2.72. The fourth-order valence-corrected chi connectivity index (χ4v) is 3.61. The van der Waals surface area contributed by atoms with Crippen LogP contribution in [0.4, 0.5) is 4.39 Å². The van der Waals surface area contributed by atoms with Gasteiger partial charge in [-0.2, -0.15) is 0 Å². The highest BCUT2D eigenvalue weighted by molar-refractivity contribution is 6.01. The van der Waals surface area contributed by atoms with E-state index < -0.39 is 11.9 Å². The van der Waals surface area contributed by atoms with Gasteiger partial charge in [0.25, 0.3) is 0 Å². The molecule has 0 spiro atoms. The molecule has 144 valence electrons. The zero-order valence-corrected chi connectivity index (χ0v) is 15.9. The first-order chi connectivity index (χ1) is 12.9. The number of benzene rings is 1. The predicted molar refractivity (Wildman–Crippen MR) is 98.6 cm³/mol. The molecule has 0 unspecified atom stereocenters. The summed E-state index contributed by atoms with van der Waals surface area (Å²) in [6, 6.07) is 4.49. The second-order valence-corrected chi connectivity index (χ2v) is 6.80. The van der Waals surface area contributed by atoms with Gasteiger partial charge < -0.3 is 19.4 Å². The molecule has 6 nitrogen and oxygen atoms in total. The summed E-state index contributed by atoms with van der Waals surface area (Å²) >= 11 is 0. The van der Waals surface area contributed by atoms with E-state index in [1.165, 1.54) is 26.4 Å². The Balaban J connectivity index is 2.26. The van der Waals surface area contributed by atoms with Gasteiger partial charge in [-0.05, 0) is 37.6 Å². The third kappa shape index (κ3) is 3.41. The van der Waals surface area contributed by atoms with Crippen LogP contribution < -0.4 is 0 Å². The van der Waals surface area contributed by atoms with Crippen LogP contribution in [0.1, 0.15) is 25.1 Å². The molecule has 0 fully saturated rings. The van der Waals surface area contributed by atoms with Gasteiger partial charge >= 0.3 is 11.9 Å². The van der Waals surface area contributed by atoms with E-state index in [0.29, 0.717) is 18.4 Å². The van der Waals surface area contributed by atoms with Crippen molar-refractivity contribution in [2.24, 2.45) is 0 Å². The zero-order valence-electron chi connectivity index (χ0n) is 15.9. The van der Waals surface area contributed by atoms with Gasteiger partial charge in [0.15, 0.2) is 0 Å². The summed E-state index contributed by atoms with van der Waals surface area (Å²) in [6.07, 6.45) is 0.776. The van der Waals surface area contributed by atoms with Crippen molar-refractivity contribution in [2.75, 3.05) is 20.8 Å². The molecular formula is C20H23FN2O4. The van der Waals surface area contributed by atoms with Crippen molar-refractivity contribution in [3.05, 3.63) is 46.5 Å². The minimum absolute atomic E-state index is 0.0258. The Labute approximate surface area is 156 Å². The second-order valence-electron chi connectivity index (χ2n) is 6.80. The van der Waals surface area contributed by atoms with Crippen LogP contribution in [0.3, 0.4) is 0 Å². The molecule has 2 heterocycles. The molecule has 2 aromatic rings. The fourth-order valence-electron chi connectivity index (χ4n) is 3.61. The minimum atomic E-state index is -0.598. The standard InChI is InChI=1S/C20H23FN2O4/c1-11(2)23-8-7-17-14(13-9-12(21)5-6-16(13)22-17)10-15(19(24)26-3)18(23)20(25)27-4/h5-6,9,11,22H,7-8,10H2,1-4H3/b18-15+. The van der Waals surface area contributed by atoms with Gasteiger partial charge in [0.05, 0.1) is 19.8 Å². The average molecular weight is 374 g/mol.